The van der Waals surface area contributed by atoms with E-state index < -0.39 is 11.0 Å². The quantitative estimate of drug-likeness (QED) is 0.886. The van der Waals surface area contributed by atoms with Gasteiger partial charge in [0.15, 0.2) is 0 Å². The topological polar surface area (TPSA) is 82.1 Å². The van der Waals surface area contributed by atoms with E-state index in [2.05, 4.69) is 15.4 Å². The average molecular weight is 344 g/mol. The van der Waals surface area contributed by atoms with Crippen LogP contribution in [0.4, 0.5) is 4.39 Å². The summed E-state index contributed by atoms with van der Waals surface area (Å²) >= 11 is 0. The Bertz CT molecular complexity index is 775. The fourth-order valence-electron chi connectivity index (χ4n) is 3.80. The molecule has 1 aliphatic heterocycles. The van der Waals surface area contributed by atoms with E-state index in [-0.39, 0.29) is 18.3 Å². The van der Waals surface area contributed by atoms with Crippen molar-refractivity contribution in [3.8, 4) is 0 Å². The van der Waals surface area contributed by atoms with Crippen molar-refractivity contribution in [2.75, 3.05) is 13.1 Å². The Morgan fingerprint density at radius 1 is 1.32 bits per heavy atom. The fraction of sp³-hybridized carbons (Fsp3) is 0.500. The molecule has 0 radical (unpaired) electrons. The maximum absolute atomic E-state index is 14.0. The van der Waals surface area contributed by atoms with Crippen LogP contribution in [-0.2, 0) is 16.8 Å². The minimum Gasteiger partial charge on any atom is -0.382 e. The number of β-amino-alcohol motifs (C(OH)–C–C–N with tert-alkyl or cyclic N) is 1. The molecule has 132 valence electrons. The molecule has 0 spiro atoms. The number of nitrogens with one attached hydrogen (secondary N) is 1. The highest BCUT2D eigenvalue weighted by Crippen LogP contribution is 2.51. The highest BCUT2D eigenvalue weighted by Gasteiger charge is 2.53. The van der Waals surface area contributed by atoms with E-state index in [4.69, 9.17) is 0 Å². The van der Waals surface area contributed by atoms with Crippen LogP contribution in [0.2, 0.25) is 0 Å². The molecule has 1 aliphatic carbocycles. The first-order valence-corrected chi connectivity index (χ1v) is 8.64. The van der Waals surface area contributed by atoms with Crippen LogP contribution in [0.5, 0.6) is 0 Å². The summed E-state index contributed by atoms with van der Waals surface area (Å²) in [5.41, 5.74) is -0.653. The largest absolute Gasteiger partial charge is 0.382 e. The number of piperidine rings is 1. The number of rotatable bonds is 4. The number of hydrogen-bond donors (Lipinski definition) is 2. The zero-order chi connectivity index (χ0) is 17.5. The van der Waals surface area contributed by atoms with Gasteiger partial charge in [-0.25, -0.2) is 4.39 Å². The minimum atomic E-state index is -1.17. The van der Waals surface area contributed by atoms with E-state index in [0.717, 1.165) is 12.8 Å². The third-order valence-electron chi connectivity index (χ3n) is 5.44. The first-order chi connectivity index (χ1) is 12.0. The lowest BCUT2D eigenvalue weighted by Gasteiger charge is -2.39. The van der Waals surface area contributed by atoms with Crippen molar-refractivity contribution < 1.29 is 14.3 Å². The van der Waals surface area contributed by atoms with Crippen LogP contribution in [0, 0.1) is 11.2 Å². The Morgan fingerprint density at radius 2 is 2.12 bits per heavy atom. The highest BCUT2D eigenvalue weighted by atomic mass is 19.1. The summed E-state index contributed by atoms with van der Waals surface area (Å²) in [6, 6.07) is 6.62. The van der Waals surface area contributed by atoms with Gasteiger partial charge >= 0.3 is 0 Å². The molecule has 1 amide bonds. The smallest absolute Gasteiger partial charge is 0.229 e. The maximum Gasteiger partial charge on any atom is 0.229 e. The van der Waals surface area contributed by atoms with Crippen molar-refractivity contribution >= 4 is 5.91 Å². The molecule has 1 atom stereocenters. The van der Waals surface area contributed by atoms with Crippen LogP contribution >= 0.6 is 0 Å². The standard InChI is InChI=1S/C18H21FN4O2/c19-14-5-2-1-4-13(14)10-17(7-8-17)16(24)23-9-3-6-18(25,12-23)15-11-20-22-21-15/h1-2,4-5,11,25H,3,6-10,12H2,(H,20,21,22)/t18-/m1/s1. The Balaban J connectivity index is 1.51. The number of nitrogens with zero attached hydrogens (tertiary/aromatic N) is 3. The fourth-order valence-corrected chi connectivity index (χ4v) is 3.80. The minimum absolute atomic E-state index is 0.0115. The van der Waals surface area contributed by atoms with E-state index in [1.165, 1.54) is 12.3 Å². The molecule has 1 saturated carbocycles. The number of carbonyl (C=O) groups excluding carboxylic acids is 1. The first kappa shape index (κ1) is 16.2. The van der Waals surface area contributed by atoms with Crippen LogP contribution in [-0.4, -0.2) is 44.4 Å². The van der Waals surface area contributed by atoms with E-state index in [1.54, 1.807) is 23.1 Å². The van der Waals surface area contributed by atoms with Crippen LogP contribution in [0.15, 0.2) is 30.5 Å². The Kier molecular flexibility index (Phi) is 3.83. The van der Waals surface area contributed by atoms with Crippen molar-refractivity contribution in [3.63, 3.8) is 0 Å². The second-order valence-corrected chi connectivity index (χ2v) is 7.27. The average Bonchev–Trinajstić information content (AvgIpc) is 3.17. The lowest BCUT2D eigenvalue weighted by atomic mass is 9.87. The highest BCUT2D eigenvalue weighted by molar-refractivity contribution is 5.86. The van der Waals surface area contributed by atoms with E-state index >= 15 is 0 Å². The summed E-state index contributed by atoms with van der Waals surface area (Å²) in [7, 11) is 0. The third-order valence-corrected chi connectivity index (χ3v) is 5.44. The SMILES string of the molecule is O=C(N1CCC[C@](O)(c2cn[nH]n2)C1)C1(Cc2ccccc2F)CC1. The second kappa shape index (κ2) is 5.91. The Hall–Kier alpha value is -2.28. The lowest BCUT2D eigenvalue weighted by Crippen LogP contribution is -2.51. The number of aromatic nitrogens is 3. The summed E-state index contributed by atoms with van der Waals surface area (Å²) < 4.78 is 14.0. The molecule has 25 heavy (non-hydrogen) atoms. The van der Waals surface area contributed by atoms with Crippen LogP contribution in [0.1, 0.15) is 36.9 Å². The van der Waals surface area contributed by atoms with Crippen molar-refractivity contribution in [2.45, 2.75) is 37.7 Å². The van der Waals surface area contributed by atoms with E-state index in [1.807, 2.05) is 0 Å². The summed E-state index contributed by atoms with van der Waals surface area (Å²) in [6.07, 6.45) is 4.68. The van der Waals surface area contributed by atoms with E-state index in [0.29, 0.717) is 37.1 Å². The number of aliphatic hydroxyl groups is 1. The number of H-pyrrole nitrogens is 1. The van der Waals surface area contributed by atoms with Gasteiger partial charge in [0.05, 0.1) is 18.2 Å². The molecule has 0 bridgehead atoms. The van der Waals surface area contributed by atoms with Crippen molar-refractivity contribution in [2.24, 2.45) is 5.41 Å². The molecule has 1 saturated heterocycles. The zero-order valence-corrected chi connectivity index (χ0v) is 13.9. The van der Waals surface area contributed by atoms with Crippen molar-refractivity contribution in [1.82, 2.24) is 20.3 Å². The van der Waals surface area contributed by atoms with Crippen LogP contribution in [0.25, 0.3) is 0 Å². The summed E-state index contributed by atoms with van der Waals surface area (Å²) in [5, 5.41) is 21.2. The number of amides is 1. The second-order valence-electron chi connectivity index (χ2n) is 7.27. The van der Waals surface area contributed by atoms with Gasteiger partial charge in [-0.15, -0.1) is 0 Å². The molecule has 2 aromatic rings. The van der Waals surface area contributed by atoms with Gasteiger partial charge in [0.2, 0.25) is 5.91 Å². The summed E-state index contributed by atoms with van der Waals surface area (Å²) in [4.78, 5) is 14.8. The molecular weight excluding hydrogens is 323 g/mol. The monoisotopic (exact) mass is 344 g/mol. The van der Waals surface area contributed by atoms with E-state index in [9.17, 15) is 14.3 Å². The molecule has 1 aromatic carbocycles. The number of hydrogen-bond acceptors (Lipinski definition) is 4. The van der Waals surface area contributed by atoms with Gasteiger partial charge in [-0.1, -0.05) is 18.2 Å². The molecule has 1 aromatic heterocycles. The number of carbonyl (C=O) groups is 1. The predicted molar refractivity (Wildman–Crippen MR) is 87.9 cm³/mol. The zero-order valence-electron chi connectivity index (χ0n) is 13.9. The molecule has 2 aliphatic rings. The normalized spacial score (nSPS) is 25.0. The van der Waals surface area contributed by atoms with Gasteiger partial charge in [-0.3, -0.25) is 4.79 Å². The van der Waals surface area contributed by atoms with Gasteiger partial charge in [0.25, 0.3) is 0 Å². The molecule has 2 heterocycles. The molecule has 7 heteroatoms. The molecule has 2 N–H and O–H groups in total. The Morgan fingerprint density at radius 3 is 2.80 bits per heavy atom. The van der Waals surface area contributed by atoms with Gasteiger partial charge < -0.3 is 10.0 Å². The summed E-state index contributed by atoms with van der Waals surface area (Å²) in [5.74, 6) is -0.253. The van der Waals surface area contributed by atoms with Gasteiger partial charge in [0, 0.05) is 6.54 Å². The third kappa shape index (κ3) is 2.93. The molecule has 4 rings (SSSR count). The molecular formula is C18H21FN4O2. The van der Waals surface area contributed by atoms with Gasteiger partial charge in [-0.2, -0.15) is 15.4 Å². The lowest BCUT2D eigenvalue weighted by molar-refractivity contribution is -0.145. The number of benzene rings is 1. The Labute approximate surface area is 145 Å². The number of halogens is 1. The van der Waals surface area contributed by atoms with Gasteiger partial charge in [-0.05, 0) is 43.7 Å². The molecule has 6 nitrogen and oxygen atoms in total. The number of aromatic amines is 1. The van der Waals surface area contributed by atoms with Gasteiger partial charge in [0.1, 0.15) is 17.1 Å². The van der Waals surface area contributed by atoms with Crippen molar-refractivity contribution in [3.05, 3.63) is 47.5 Å². The number of likely N-dealkylation sites (tertiary alicyclic amines) is 1. The van der Waals surface area contributed by atoms with Crippen LogP contribution in [0.3, 0.4) is 0 Å². The maximum atomic E-state index is 14.0. The first-order valence-electron chi connectivity index (χ1n) is 8.64. The van der Waals surface area contributed by atoms with Crippen molar-refractivity contribution in [1.29, 1.82) is 0 Å². The molecule has 0 unspecified atom stereocenters. The van der Waals surface area contributed by atoms with Crippen LogP contribution < -0.4 is 0 Å². The summed E-state index contributed by atoms with van der Waals surface area (Å²) in [6.45, 7) is 0.815. The molecule has 2 fully saturated rings. The predicted octanol–water partition coefficient (Wildman–Crippen LogP) is 1.78.